The normalized spacial score (nSPS) is 17.6. The summed E-state index contributed by atoms with van der Waals surface area (Å²) in [5.74, 6) is 0.236. The molecule has 0 bridgehead atoms. The molecule has 3 aromatic heterocycles. The lowest BCUT2D eigenvalue weighted by Crippen LogP contribution is -2.26. The SMILES string of the molecule is [C-]#[N+][C@H]1CCCC[C@@H]1n1nc(Nc2ccc(CNC(=O)c3ncccn3)cc2)c2c(=O)[nH]ccc21. The summed E-state index contributed by atoms with van der Waals surface area (Å²) in [7, 11) is 0. The summed E-state index contributed by atoms with van der Waals surface area (Å²) in [6, 6.07) is 10.8. The van der Waals surface area contributed by atoms with Gasteiger partial charge in [0.2, 0.25) is 11.9 Å². The molecule has 1 aliphatic rings. The van der Waals surface area contributed by atoms with Gasteiger partial charge in [-0.05, 0) is 42.7 Å². The van der Waals surface area contributed by atoms with E-state index in [1.54, 1.807) is 12.3 Å². The van der Waals surface area contributed by atoms with E-state index in [2.05, 4.69) is 30.4 Å². The average Bonchev–Trinajstić information content (AvgIpc) is 3.27. The average molecular weight is 469 g/mol. The number of carbonyl (C=O) groups is 1. The van der Waals surface area contributed by atoms with Crippen LogP contribution in [0, 0.1) is 6.57 Å². The second kappa shape index (κ2) is 9.77. The summed E-state index contributed by atoms with van der Waals surface area (Å²) >= 11 is 0. The second-order valence-electron chi connectivity index (χ2n) is 8.49. The first-order chi connectivity index (χ1) is 17.1. The molecule has 10 nitrogen and oxygen atoms in total. The first-order valence-corrected chi connectivity index (χ1v) is 11.5. The molecule has 0 aliphatic heterocycles. The van der Waals surface area contributed by atoms with Gasteiger partial charge in [-0.25, -0.2) is 16.5 Å². The van der Waals surface area contributed by atoms with Gasteiger partial charge in [0.1, 0.15) is 11.4 Å². The Morgan fingerprint density at radius 3 is 2.69 bits per heavy atom. The maximum absolute atomic E-state index is 12.7. The highest BCUT2D eigenvalue weighted by atomic mass is 16.2. The van der Waals surface area contributed by atoms with E-state index in [1.165, 1.54) is 12.4 Å². The molecule has 3 heterocycles. The van der Waals surface area contributed by atoms with Crippen molar-refractivity contribution in [2.45, 2.75) is 44.3 Å². The highest BCUT2D eigenvalue weighted by molar-refractivity contribution is 5.91. The van der Waals surface area contributed by atoms with E-state index in [9.17, 15) is 9.59 Å². The number of aromatic nitrogens is 5. The molecule has 0 radical (unpaired) electrons. The molecule has 0 spiro atoms. The number of hydrogen-bond acceptors (Lipinski definition) is 6. The predicted molar refractivity (Wildman–Crippen MR) is 131 cm³/mol. The van der Waals surface area contributed by atoms with Gasteiger partial charge in [-0.1, -0.05) is 18.6 Å². The van der Waals surface area contributed by atoms with E-state index in [1.807, 2.05) is 35.0 Å². The fourth-order valence-corrected chi connectivity index (χ4v) is 4.49. The molecule has 176 valence electrons. The van der Waals surface area contributed by atoms with Crippen molar-refractivity contribution >= 4 is 28.3 Å². The zero-order valence-electron chi connectivity index (χ0n) is 18.9. The number of pyridine rings is 1. The minimum absolute atomic E-state index is 0.0549. The number of nitrogens with zero attached hydrogens (tertiary/aromatic N) is 5. The Morgan fingerprint density at radius 2 is 1.91 bits per heavy atom. The van der Waals surface area contributed by atoms with Gasteiger partial charge in [0.05, 0.1) is 5.52 Å². The number of nitrogens with one attached hydrogen (secondary N) is 3. The summed E-state index contributed by atoms with van der Waals surface area (Å²) in [4.78, 5) is 39.3. The van der Waals surface area contributed by atoms with E-state index in [0.717, 1.165) is 42.5 Å². The largest absolute Gasteiger partial charge is 0.345 e. The van der Waals surface area contributed by atoms with Crippen LogP contribution in [0.1, 0.15) is 47.9 Å². The van der Waals surface area contributed by atoms with Crippen LogP contribution in [-0.4, -0.2) is 36.7 Å². The van der Waals surface area contributed by atoms with Crippen molar-refractivity contribution in [1.29, 1.82) is 0 Å². The lowest BCUT2D eigenvalue weighted by molar-refractivity contribution is 0.0940. The number of aromatic amines is 1. The van der Waals surface area contributed by atoms with E-state index in [-0.39, 0.29) is 29.4 Å². The van der Waals surface area contributed by atoms with Crippen LogP contribution in [0.5, 0.6) is 0 Å². The van der Waals surface area contributed by atoms with Crippen LogP contribution in [0.4, 0.5) is 11.5 Å². The topological polar surface area (TPSA) is 122 Å². The third-order valence-corrected chi connectivity index (χ3v) is 6.24. The van der Waals surface area contributed by atoms with Crippen LogP contribution in [0.25, 0.3) is 15.7 Å². The quantitative estimate of drug-likeness (QED) is 0.372. The Labute approximate surface area is 201 Å². The Hall–Kier alpha value is -4.52. The van der Waals surface area contributed by atoms with Gasteiger partial charge in [-0.15, -0.1) is 0 Å². The smallest absolute Gasteiger partial charge is 0.289 e. The van der Waals surface area contributed by atoms with Crippen molar-refractivity contribution in [3.63, 3.8) is 0 Å². The summed E-state index contributed by atoms with van der Waals surface area (Å²) < 4.78 is 1.85. The molecule has 1 fully saturated rings. The van der Waals surface area contributed by atoms with Crippen molar-refractivity contribution in [2.24, 2.45) is 0 Å². The minimum Gasteiger partial charge on any atom is -0.345 e. The molecule has 1 aliphatic carbocycles. The molecule has 0 saturated heterocycles. The summed E-state index contributed by atoms with van der Waals surface area (Å²) in [6.45, 7) is 7.94. The number of rotatable bonds is 6. The van der Waals surface area contributed by atoms with E-state index in [0.29, 0.717) is 17.7 Å². The highest BCUT2D eigenvalue weighted by Gasteiger charge is 2.33. The highest BCUT2D eigenvalue weighted by Crippen LogP contribution is 2.34. The monoisotopic (exact) mass is 468 g/mol. The molecule has 1 saturated carbocycles. The number of hydrogen-bond donors (Lipinski definition) is 3. The fourth-order valence-electron chi connectivity index (χ4n) is 4.49. The number of carbonyl (C=O) groups excluding carboxylic acids is 1. The van der Waals surface area contributed by atoms with Crippen molar-refractivity contribution < 1.29 is 4.79 Å². The molecule has 10 heteroatoms. The molecule has 4 aromatic rings. The lowest BCUT2D eigenvalue weighted by Gasteiger charge is -2.24. The summed E-state index contributed by atoms with van der Waals surface area (Å²) in [5, 5.41) is 11.3. The van der Waals surface area contributed by atoms with Crippen LogP contribution in [0.3, 0.4) is 0 Å². The predicted octanol–water partition coefficient (Wildman–Crippen LogP) is 3.59. The lowest BCUT2D eigenvalue weighted by atomic mass is 9.91. The van der Waals surface area contributed by atoms with Gasteiger partial charge in [-0.2, -0.15) is 5.10 Å². The number of H-pyrrole nitrogens is 1. The minimum atomic E-state index is -0.343. The Kier molecular flexibility index (Phi) is 6.22. The standard InChI is InChI=1S/C25H24N8O2/c1-26-18-5-2-3-6-19(18)33-20-11-14-29-24(34)21(20)22(32-33)31-17-9-7-16(8-10-17)15-30-25(35)23-27-12-4-13-28-23/h4,7-14,18-19H,2-3,5-6,15H2,(H,29,34)(H,30,35)(H,31,32)/t18-,19-/m0/s1. The number of benzene rings is 1. The second-order valence-corrected chi connectivity index (χ2v) is 8.49. The Morgan fingerprint density at radius 1 is 1.14 bits per heavy atom. The summed E-state index contributed by atoms with van der Waals surface area (Å²) in [5.41, 5.74) is 2.15. The van der Waals surface area contributed by atoms with Crippen molar-refractivity contribution in [2.75, 3.05) is 5.32 Å². The third-order valence-electron chi connectivity index (χ3n) is 6.24. The number of amides is 1. The van der Waals surface area contributed by atoms with Crippen molar-refractivity contribution in [3.05, 3.63) is 88.1 Å². The third kappa shape index (κ3) is 4.61. The van der Waals surface area contributed by atoms with Gasteiger partial charge in [0.15, 0.2) is 5.82 Å². The molecule has 0 unspecified atom stereocenters. The van der Waals surface area contributed by atoms with E-state index >= 15 is 0 Å². The van der Waals surface area contributed by atoms with Gasteiger partial charge in [-0.3, -0.25) is 14.3 Å². The molecule has 3 N–H and O–H groups in total. The zero-order chi connectivity index (χ0) is 24.2. The molecule has 35 heavy (non-hydrogen) atoms. The molecule has 1 amide bonds. The molecule has 1 aromatic carbocycles. The maximum atomic E-state index is 12.7. The number of fused-ring (bicyclic) bond motifs is 1. The first-order valence-electron chi connectivity index (χ1n) is 11.5. The summed E-state index contributed by atoms with van der Waals surface area (Å²) in [6.07, 6.45) is 8.45. The van der Waals surface area contributed by atoms with Crippen LogP contribution < -0.4 is 16.2 Å². The van der Waals surface area contributed by atoms with Crippen LogP contribution in [0.15, 0.2) is 59.8 Å². The van der Waals surface area contributed by atoms with Gasteiger partial charge in [0, 0.05) is 37.2 Å². The van der Waals surface area contributed by atoms with Gasteiger partial charge in [0.25, 0.3) is 11.5 Å². The molecular formula is C25H24N8O2. The molecular weight excluding hydrogens is 444 g/mol. The van der Waals surface area contributed by atoms with Crippen LogP contribution in [-0.2, 0) is 6.54 Å². The number of anilines is 2. The van der Waals surface area contributed by atoms with E-state index in [4.69, 9.17) is 11.7 Å². The van der Waals surface area contributed by atoms with Gasteiger partial charge >= 0.3 is 0 Å². The molecule has 5 rings (SSSR count). The van der Waals surface area contributed by atoms with Crippen molar-refractivity contribution in [3.8, 4) is 0 Å². The fraction of sp³-hybridized carbons (Fsp3) is 0.280. The molecule has 2 atom stereocenters. The van der Waals surface area contributed by atoms with E-state index < -0.39 is 0 Å². The first kappa shape index (κ1) is 22.3. The van der Waals surface area contributed by atoms with Gasteiger partial charge < -0.3 is 20.5 Å². The van der Waals surface area contributed by atoms with Crippen LogP contribution >= 0.6 is 0 Å². The maximum Gasteiger partial charge on any atom is 0.289 e. The Balaban J connectivity index is 1.35. The van der Waals surface area contributed by atoms with Crippen LogP contribution in [0.2, 0.25) is 0 Å². The zero-order valence-corrected chi connectivity index (χ0v) is 18.9. The van der Waals surface area contributed by atoms with Crippen molar-refractivity contribution in [1.82, 2.24) is 30.0 Å². The Bertz CT molecular complexity index is 1440.